The predicted molar refractivity (Wildman–Crippen MR) is 157 cm³/mol. The summed E-state index contributed by atoms with van der Waals surface area (Å²) in [6.07, 6.45) is 3.66. The molecule has 1 amide bonds. The van der Waals surface area contributed by atoms with Crippen LogP contribution in [-0.4, -0.2) is 56.8 Å². The van der Waals surface area contributed by atoms with Crippen molar-refractivity contribution in [2.24, 2.45) is 0 Å². The van der Waals surface area contributed by atoms with Crippen LogP contribution >= 0.6 is 0 Å². The maximum Gasteiger partial charge on any atom is 0.274 e. The van der Waals surface area contributed by atoms with Crippen molar-refractivity contribution < 1.29 is 9.90 Å². The molecule has 3 aromatic carbocycles. The number of amides is 1. The van der Waals surface area contributed by atoms with Crippen molar-refractivity contribution in [2.45, 2.75) is 31.7 Å². The minimum Gasteiger partial charge on any atom is -0.395 e. The summed E-state index contributed by atoms with van der Waals surface area (Å²) < 4.78 is 1.58. The van der Waals surface area contributed by atoms with E-state index in [9.17, 15) is 14.7 Å². The number of benzene rings is 3. The largest absolute Gasteiger partial charge is 0.395 e. The lowest BCUT2D eigenvalue weighted by Crippen LogP contribution is -2.39. The minimum atomic E-state index is -0.302. The molecule has 0 saturated heterocycles. The van der Waals surface area contributed by atoms with Gasteiger partial charge in [-0.2, -0.15) is 5.10 Å². The molecule has 2 heterocycles. The molecule has 0 spiro atoms. The summed E-state index contributed by atoms with van der Waals surface area (Å²) in [5.41, 5.74) is 3.70. The van der Waals surface area contributed by atoms with Crippen molar-refractivity contribution in [3.8, 4) is 11.3 Å². The molecule has 1 unspecified atom stereocenters. The van der Waals surface area contributed by atoms with Crippen LogP contribution in [0.4, 0.5) is 0 Å². The number of aliphatic hydroxyl groups excluding tert-OH is 1. The van der Waals surface area contributed by atoms with Crippen LogP contribution in [0.5, 0.6) is 0 Å². The van der Waals surface area contributed by atoms with Gasteiger partial charge in [-0.05, 0) is 47.7 Å². The summed E-state index contributed by atoms with van der Waals surface area (Å²) in [5, 5.41) is 19.6. The van der Waals surface area contributed by atoms with Crippen LogP contribution in [-0.2, 0) is 0 Å². The molecule has 1 aliphatic carbocycles. The predicted octanol–water partition coefficient (Wildman–Crippen LogP) is 4.51. The summed E-state index contributed by atoms with van der Waals surface area (Å²) >= 11 is 0. The monoisotopic (exact) mass is 535 g/mol. The van der Waals surface area contributed by atoms with Gasteiger partial charge in [-0.1, -0.05) is 73.7 Å². The van der Waals surface area contributed by atoms with Gasteiger partial charge >= 0.3 is 0 Å². The first-order chi connectivity index (χ1) is 19.6. The number of aromatic amines is 1. The zero-order valence-electron chi connectivity index (χ0n) is 22.5. The van der Waals surface area contributed by atoms with Crippen LogP contribution in [0.15, 0.2) is 83.8 Å². The molecule has 3 N–H and O–H groups in total. The fourth-order valence-electron chi connectivity index (χ4n) is 5.46. The number of nitrogens with zero attached hydrogens (tertiary/aromatic N) is 3. The van der Waals surface area contributed by atoms with E-state index in [2.05, 4.69) is 21.3 Å². The molecule has 0 aliphatic heterocycles. The summed E-state index contributed by atoms with van der Waals surface area (Å²) in [6.45, 7) is 3.89. The minimum absolute atomic E-state index is 0.0455. The van der Waals surface area contributed by atoms with Gasteiger partial charge in [0.05, 0.1) is 24.5 Å². The van der Waals surface area contributed by atoms with Crippen LogP contribution in [0, 0.1) is 0 Å². The number of carbonyl (C=O) groups excluding carboxylic acids is 1. The highest BCUT2D eigenvalue weighted by molar-refractivity contribution is 5.96. The third-order valence-electron chi connectivity index (χ3n) is 7.73. The first kappa shape index (κ1) is 26.0. The van der Waals surface area contributed by atoms with Gasteiger partial charge in [-0.3, -0.25) is 14.5 Å². The number of fused-ring (bicyclic) bond motifs is 2. The summed E-state index contributed by atoms with van der Waals surface area (Å²) in [6, 6.07) is 23.7. The van der Waals surface area contributed by atoms with Crippen LogP contribution in [0.25, 0.3) is 27.5 Å². The molecule has 6 rings (SSSR count). The molecular weight excluding hydrogens is 502 g/mol. The van der Waals surface area contributed by atoms with Gasteiger partial charge in [-0.15, -0.1) is 0 Å². The number of aromatic nitrogens is 3. The van der Waals surface area contributed by atoms with Gasteiger partial charge in [0, 0.05) is 24.2 Å². The average Bonchev–Trinajstić information content (AvgIpc) is 3.75. The van der Waals surface area contributed by atoms with Gasteiger partial charge in [0.1, 0.15) is 5.52 Å². The van der Waals surface area contributed by atoms with E-state index in [1.807, 2.05) is 73.7 Å². The Labute approximate surface area is 232 Å². The third kappa shape index (κ3) is 5.15. The van der Waals surface area contributed by atoms with Gasteiger partial charge in [0.2, 0.25) is 0 Å². The molecule has 8 nitrogen and oxygen atoms in total. The number of carbonyl (C=O) groups is 1. The number of likely N-dealkylation sites (N-methyl/N-ethyl adjacent to an activating group) is 1. The second kappa shape index (κ2) is 11.1. The van der Waals surface area contributed by atoms with Crippen molar-refractivity contribution >= 4 is 22.2 Å². The summed E-state index contributed by atoms with van der Waals surface area (Å²) in [7, 11) is 0. The quantitative estimate of drug-likeness (QED) is 0.244. The van der Waals surface area contributed by atoms with E-state index < -0.39 is 0 Å². The van der Waals surface area contributed by atoms with Crippen LogP contribution in [0.1, 0.15) is 53.3 Å². The second-order valence-corrected chi connectivity index (χ2v) is 10.4. The number of hydrogen-bond donors (Lipinski definition) is 3. The van der Waals surface area contributed by atoms with Gasteiger partial charge in [-0.25, -0.2) is 4.52 Å². The fourth-order valence-corrected chi connectivity index (χ4v) is 5.46. The van der Waals surface area contributed by atoms with E-state index in [-0.39, 0.29) is 30.0 Å². The standard InChI is InChI=1S/C32H33N5O3/c1-2-36(16-17-38)19-26(22-9-4-3-5-10-22)33-31(39)29-28(23-13-14-23)30-32(40)34-27(20-37(30)35-29)25-15-12-21-8-6-7-11-24(21)18-25/h3-12,15,18,20,23,26,38H,2,13-14,16-17,19H2,1H3,(H,33,39)(H,34,40). The molecular formula is C32H33N5O3. The first-order valence-electron chi connectivity index (χ1n) is 13.9. The van der Waals surface area contributed by atoms with Crippen molar-refractivity contribution in [2.75, 3.05) is 26.2 Å². The summed E-state index contributed by atoms with van der Waals surface area (Å²) in [5.74, 6) is -0.159. The first-order valence-corrected chi connectivity index (χ1v) is 13.9. The van der Waals surface area contributed by atoms with Crippen LogP contribution in [0.3, 0.4) is 0 Å². The Morgan fingerprint density at radius 2 is 1.85 bits per heavy atom. The molecule has 0 bridgehead atoms. The molecule has 204 valence electrons. The normalized spacial score (nSPS) is 14.2. The molecule has 40 heavy (non-hydrogen) atoms. The van der Waals surface area contributed by atoms with E-state index in [0.717, 1.165) is 46.8 Å². The van der Waals surface area contributed by atoms with Crippen LogP contribution < -0.4 is 10.9 Å². The average molecular weight is 536 g/mol. The topological polar surface area (TPSA) is 103 Å². The number of hydrogen-bond acceptors (Lipinski definition) is 5. The number of rotatable bonds is 10. The van der Waals surface area contributed by atoms with Crippen molar-refractivity contribution in [3.63, 3.8) is 0 Å². The Morgan fingerprint density at radius 3 is 2.58 bits per heavy atom. The smallest absolute Gasteiger partial charge is 0.274 e. The molecule has 1 atom stereocenters. The van der Waals surface area contributed by atoms with Gasteiger partial charge in [0.25, 0.3) is 11.5 Å². The Kier molecular flexibility index (Phi) is 7.19. The van der Waals surface area contributed by atoms with Gasteiger partial charge in [0.15, 0.2) is 5.69 Å². The highest BCUT2D eigenvalue weighted by Crippen LogP contribution is 2.43. The number of H-pyrrole nitrogens is 1. The maximum atomic E-state index is 13.8. The fraction of sp³-hybridized carbons (Fsp3) is 0.281. The van der Waals surface area contributed by atoms with Crippen molar-refractivity contribution in [1.82, 2.24) is 24.8 Å². The SMILES string of the molecule is CCN(CCO)CC(NC(=O)c1nn2cc(-c3ccc4ccccc4c3)[nH]c(=O)c2c1C1CC1)c1ccccc1. The highest BCUT2D eigenvalue weighted by atomic mass is 16.3. The Bertz CT molecular complexity index is 1720. The highest BCUT2D eigenvalue weighted by Gasteiger charge is 2.35. The third-order valence-corrected chi connectivity index (χ3v) is 7.73. The second-order valence-electron chi connectivity index (χ2n) is 10.4. The molecule has 1 aliphatic rings. The van der Waals surface area contributed by atoms with Gasteiger partial charge < -0.3 is 15.4 Å². The molecule has 1 fully saturated rings. The number of nitrogens with one attached hydrogen (secondary N) is 2. The Hall–Kier alpha value is -4.27. The van der Waals surface area contributed by atoms with Crippen LogP contribution in [0.2, 0.25) is 0 Å². The van der Waals surface area contributed by atoms with E-state index in [0.29, 0.717) is 30.0 Å². The lowest BCUT2D eigenvalue weighted by molar-refractivity contribution is 0.0915. The molecule has 0 radical (unpaired) electrons. The molecule has 1 saturated carbocycles. The molecule has 5 aromatic rings. The summed E-state index contributed by atoms with van der Waals surface area (Å²) in [4.78, 5) is 32.4. The lowest BCUT2D eigenvalue weighted by Gasteiger charge is -2.27. The molecule has 2 aromatic heterocycles. The Balaban J connectivity index is 1.38. The van der Waals surface area contributed by atoms with E-state index in [1.54, 1.807) is 10.7 Å². The zero-order valence-corrected chi connectivity index (χ0v) is 22.5. The van der Waals surface area contributed by atoms with E-state index in [1.165, 1.54) is 0 Å². The Morgan fingerprint density at radius 1 is 1.10 bits per heavy atom. The van der Waals surface area contributed by atoms with Crippen molar-refractivity contribution in [1.29, 1.82) is 0 Å². The van der Waals surface area contributed by atoms with E-state index >= 15 is 0 Å². The molecule has 8 heteroatoms. The maximum absolute atomic E-state index is 13.8. The zero-order chi connectivity index (χ0) is 27.6. The number of aliphatic hydroxyl groups is 1. The van der Waals surface area contributed by atoms with Crippen molar-refractivity contribution in [3.05, 3.63) is 106 Å². The van der Waals surface area contributed by atoms with E-state index in [4.69, 9.17) is 5.10 Å². The lowest BCUT2D eigenvalue weighted by atomic mass is 10.0.